The Kier molecular flexibility index (Phi) is 4.64. The second-order valence-electron chi connectivity index (χ2n) is 7.85. The van der Waals surface area contributed by atoms with E-state index in [4.69, 9.17) is 16.2 Å². The van der Waals surface area contributed by atoms with Crippen LogP contribution in [0.5, 0.6) is 0 Å². The summed E-state index contributed by atoms with van der Waals surface area (Å²) in [5, 5.41) is 35.3. The topological polar surface area (TPSA) is 179 Å². The summed E-state index contributed by atoms with van der Waals surface area (Å²) in [5.74, 6) is -3.44. The van der Waals surface area contributed by atoms with Gasteiger partial charge in [0.05, 0.1) is 18.2 Å². The largest absolute Gasteiger partial charge is 0.451 e. The first-order valence-electron chi connectivity index (χ1n) is 9.74. The number of aliphatic hydroxyl groups excluding tert-OH is 1. The van der Waals surface area contributed by atoms with Crippen molar-refractivity contribution < 1.29 is 24.9 Å². The predicted octanol–water partition coefficient (Wildman–Crippen LogP) is -2.03. The van der Waals surface area contributed by atoms with E-state index in [2.05, 4.69) is 15.3 Å². The summed E-state index contributed by atoms with van der Waals surface area (Å²) >= 11 is 0. The van der Waals surface area contributed by atoms with E-state index in [1.807, 2.05) is 6.92 Å². The van der Waals surface area contributed by atoms with Crippen LogP contribution in [0.4, 0.5) is 0 Å². The first-order chi connectivity index (χ1) is 14.2. The van der Waals surface area contributed by atoms with E-state index in [1.165, 1.54) is 4.90 Å². The average molecular weight is 418 g/mol. The van der Waals surface area contributed by atoms with Gasteiger partial charge < -0.3 is 41.7 Å². The minimum Gasteiger partial charge on any atom is -0.451 e. The quantitative estimate of drug-likeness (QED) is 0.237. The molecule has 3 heterocycles. The minimum atomic E-state index is -2.64. The number of esters is 1. The van der Waals surface area contributed by atoms with E-state index in [0.717, 1.165) is 5.56 Å². The lowest BCUT2D eigenvalue weighted by Gasteiger charge is -2.49. The molecule has 8 N–H and O–H groups in total. The van der Waals surface area contributed by atoms with E-state index in [-0.39, 0.29) is 17.5 Å². The lowest BCUT2D eigenvalue weighted by atomic mass is 9.85. The molecule has 162 valence electrons. The smallest absolute Gasteiger partial charge is 0.338 e. The summed E-state index contributed by atoms with van der Waals surface area (Å²) in [5.41, 5.74) is 11.5. The molecule has 1 aromatic rings. The van der Waals surface area contributed by atoms with Gasteiger partial charge in [-0.15, -0.1) is 0 Å². The number of nitrogens with two attached hydrogens (primary N) is 2. The molecule has 4 rings (SSSR count). The van der Waals surface area contributed by atoms with Gasteiger partial charge in [-0.1, -0.05) is 24.6 Å². The average Bonchev–Trinajstić information content (AvgIpc) is 3.15. The molecule has 30 heavy (non-hydrogen) atoms. The first kappa shape index (κ1) is 20.4. The van der Waals surface area contributed by atoms with Crippen LogP contribution in [-0.4, -0.2) is 80.4 Å². The Morgan fingerprint density at radius 2 is 1.93 bits per heavy atom. The number of rotatable bonds is 4. The Hall–Kier alpha value is -2.89. The third kappa shape index (κ3) is 2.59. The minimum absolute atomic E-state index is 0.0316. The van der Waals surface area contributed by atoms with Crippen LogP contribution in [0.2, 0.25) is 0 Å². The highest BCUT2D eigenvalue weighted by molar-refractivity contribution is 5.90. The lowest BCUT2D eigenvalue weighted by molar-refractivity contribution is -0.257. The maximum atomic E-state index is 12.8. The molecule has 1 aromatic carbocycles. The number of ether oxygens (including phenoxy) is 1. The number of aryl methyl sites for hydroxylation is 1. The summed E-state index contributed by atoms with van der Waals surface area (Å²) in [4.78, 5) is 22.7. The van der Waals surface area contributed by atoms with Crippen LogP contribution in [0, 0.1) is 6.92 Å². The van der Waals surface area contributed by atoms with Crippen molar-refractivity contribution in [1.82, 2.24) is 10.2 Å². The number of nitrogens with one attached hydrogen (secondary N) is 1. The van der Waals surface area contributed by atoms with Gasteiger partial charge >= 0.3 is 5.97 Å². The van der Waals surface area contributed by atoms with Crippen LogP contribution in [0.1, 0.15) is 29.3 Å². The fraction of sp³-hybridized carbons (Fsp3) is 0.526. The van der Waals surface area contributed by atoms with E-state index >= 15 is 0 Å². The fourth-order valence-electron chi connectivity index (χ4n) is 4.71. The molecule has 11 heteroatoms. The Bertz CT molecular complexity index is 916. The van der Waals surface area contributed by atoms with Crippen molar-refractivity contribution in [3.05, 3.63) is 35.4 Å². The SMILES string of the molecule is CC[C@H]1[C@H](OC(=O)c2ccc(C)cc2)C(O)(O)[C@]23NC(N)=N[C@H]2[C@H](CO)N=C(N)N13. The standard InChI is InChI=1S/C19H26N6O5/c1-3-12-14(30-15(27)10-6-4-9(2)5-7-10)19(28,29)18-13(23-16(20)24-18)11(8-26)22-17(21)25(12)18/h4-7,11-14,26,28-29H,3,8H2,1-2H3,(H2,21,22)(H3,20,23,24)/t11-,12-,13-,14-,18-/m0/s1. The molecule has 1 fully saturated rings. The van der Waals surface area contributed by atoms with Crippen LogP contribution < -0.4 is 16.8 Å². The zero-order valence-electron chi connectivity index (χ0n) is 16.7. The summed E-state index contributed by atoms with van der Waals surface area (Å²) in [6.45, 7) is 3.25. The molecule has 0 amide bonds. The molecule has 5 atom stereocenters. The number of carbonyl (C=O) groups is 1. The van der Waals surface area contributed by atoms with Gasteiger partial charge in [-0.25, -0.2) is 14.8 Å². The molecule has 3 aliphatic heterocycles. The number of aliphatic imine (C=N–C) groups is 2. The second kappa shape index (κ2) is 6.83. The van der Waals surface area contributed by atoms with Gasteiger partial charge in [0.1, 0.15) is 12.1 Å². The van der Waals surface area contributed by atoms with Gasteiger partial charge in [0, 0.05) is 0 Å². The zero-order chi connectivity index (χ0) is 21.8. The van der Waals surface area contributed by atoms with E-state index < -0.39 is 48.3 Å². The molecule has 3 aliphatic rings. The molecule has 11 nitrogen and oxygen atoms in total. The molecule has 0 aromatic heterocycles. The van der Waals surface area contributed by atoms with Crippen LogP contribution >= 0.6 is 0 Å². The first-order valence-corrected chi connectivity index (χ1v) is 9.74. The number of nitrogens with zero attached hydrogens (tertiary/aromatic N) is 3. The van der Waals surface area contributed by atoms with Crippen molar-refractivity contribution in [3.63, 3.8) is 0 Å². The lowest BCUT2D eigenvalue weighted by Crippen LogP contribution is -2.77. The molecule has 1 spiro atoms. The summed E-state index contributed by atoms with van der Waals surface area (Å²) in [6, 6.07) is 4.19. The third-order valence-corrected chi connectivity index (χ3v) is 6.08. The van der Waals surface area contributed by atoms with Crippen LogP contribution in [0.15, 0.2) is 34.3 Å². The van der Waals surface area contributed by atoms with Crippen LogP contribution in [0.25, 0.3) is 0 Å². The third-order valence-electron chi connectivity index (χ3n) is 6.08. The number of carbonyl (C=O) groups excluding carboxylic acids is 1. The van der Waals surface area contributed by atoms with Crippen LogP contribution in [0.3, 0.4) is 0 Å². The Morgan fingerprint density at radius 3 is 2.53 bits per heavy atom. The van der Waals surface area contributed by atoms with Crippen LogP contribution in [-0.2, 0) is 4.74 Å². The van der Waals surface area contributed by atoms with Gasteiger partial charge in [0.25, 0.3) is 0 Å². The molecular weight excluding hydrogens is 392 g/mol. The van der Waals surface area contributed by atoms with Gasteiger partial charge in [0.2, 0.25) is 5.79 Å². The van der Waals surface area contributed by atoms with Crippen molar-refractivity contribution in [3.8, 4) is 0 Å². The normalized spacial score (nSPS) is 33.8. The highest BCUT2D eigenvalue weighted by atomic mass is 16.6. The maximum absolute atomic E-state index is 12.8. The Labute approximate surface area is 173 Å². The number of hydrogen-bond acceptors (Lipinski definition) is 11. The molecule has 1 saturated heterocycles. The fourth-order valence-corrected chi connectivity index (χ4v) is 4.71. The number of guanidine groups is 2. The highest BCUT2D eigenvalue weighted by Crippen LogP contribution is 2.49. The summed E-state index contributed by atoms with van der Waals surface area (Å²) in [6.07, 6.45) is -1.04. The van der Waals surface area contributed by atoms with Crippen molar-refractivity contribution >= 4 is 17.9 Å². The molecule has 0 bridgehead atoms. The summed E-state index contributed by atoms with van der Waals surface area (Å²) in [7, 11) is 0. The van der Waals surface area contributed by atoms with E-state index in [0.29, 0.717) is 6.42 Å². The van der Waals surface area contributed by atoms with E-state index in [1.54, 1.807) is 31.2 Å². The van der Waals surface area contributed by atoms with Gasteiger partial charge in [-0.05, 0) is 25.5 Å². The van der Waals surface area contributed by atoms with Crippen molar-refractivity contribution in [2.75, 3.05) is 6.61 Å². The molecule has 0 saturated carbocycles. The van der Waals surface area contributed by atoms with Gasteiger partial charge in [-0.2, -0.15) is 0 Å². The van der Waals surface area contributed by atoms with Crippen molar-refractivity contribution in [1.29, 1.82) is 0 Å². The summed E-state index contributed by atoms with van der Waals surface area (Å²) < 4.78 is 5.62. The molecule has 0 aliphatic carbocycles. The van der Waals surface area contributed by atoms with Gasteiger partial charge in [0.15, 0.2) is 23.7 Å². The Morgan fingerprint density at radius 1 is 1.27 bits per heavy atom. The van der Waals surface area contributed by atoms with Crippen molar-refractivity contribution in [2.45, 2.75) is 55.9 Å². The molecule has 0 unspecified atom stereocenters. The number of hydrogen-bond donors (Lipinski definition) is 6. The van der Waals surface area contributed by atoms with E-state index in [9.17, 15) is 20.1 Å². The molecule has 0 radical (unpaired) electrons. The zero-order valence-corrected chi connectivity index (χ0v) is 16.7. The monoisotopic (exact) mass is 418 g/mol. The Balaban J connectivity index is 1.76. The maximum Gasteiger partial charge on any atom is 0.338 e. The highest BCUT2D eigenvalue weighted by Gasteiger charge is 2.77. The number of benzene rings is 1. The van der Waals surface area contributed by atoms with Crippen molar-refractivity contribution in [2.24, 2.45) is 21.5 Å². The van der Waals surface area contributed by atoms with Gasteiger partial charge in [-0.3, -0.25) is 0 Å². The predicted molar refractivity (Wildman–Crippen MR) is 107 cm³/mol. The number of aliphatic hydroxyl groups is 3. The second-order valence-corrected chi connectivity index (χ2v) is 7.85. The molecular formula is C19H26N6O5.